The highest BCUT2D eigenvalue weighted by Crippen LogP contribution is 2.12. The van der Waals surface area contributed by atoms with E-state index in [4.69, 9.17) is 0 Å². The average molecular weight is 265 g/mol. The highest BCUT2D eigenvalue weighted by molar-refractivity contribution is 5.76. The lowest BCUT2D eigenvalue weighted by Gasteiger charge is -2.17. The Balaban J connectivity index is 2.51. The maximum absolute atomic E-state index is 11.9. The fourth-order valence-corrected chi connectivity index (χ4v) is 1.87. The van der Waals surface area contributed by atoms with Gasteiger partial charge in [-0.3, -0.25) is 4.79 Å². The molecule has 0 spiro atoms. The third kappa shape index (κ3) is 5.07. The van der Waals surface area contributed by atoms with Gasteiger partial charge in [0.1, 0.15) is 6.54 Å². The smallest absolute Gasteiger partial charge is 0.240 e. The van der Waals surface area contributed by atoms with E-state index < -0.39 is 0 Å². The summed E-state index contributed by atoms with van der Waals surface area (Å²) in [5.74, 6) is 0.525. The van der Waals surface area contributed by atoms with Crippen LogP contribution in [0.15, 0.2) is 18.5 Å². The van der Waals surface area contributed by atoms with E-state index in [0.29, 0.717) is 18.5 Å². The molecule has 0 saturated heterocycles. The Morgan fingerprint density at radius 3 is 2.58 bits per heavy atom. The Kier molecular flexibility index (Phi) is 6.09. The molecule has 1 aromatic heterocycles. The predicted octanol–water partition coefficient (Wildman–Crippen LogP) is 2.32. The van der Waals surface area contributed by atoms with Crippen molar-refractivity contribution in [3.63, 3.8) is 0 Å². The lowest BCUT2D eigenvalue weighted by atomic mass is 10.1. The van der Waals surface area contributed by atoms with E-state index in [2.05, 4.69) is 44.4 Å². The molecule has 0 fully saturated rings. The molecule has 19 heavy (non-hydrogen) atoms. The van der Waals surface area contributed by atoms with Gasteiger partial charge in [0.25, 0.3) is 0 Å². The van der Waals surface area contributed by atoms with Crippen LogP contribution in [-0.4, -0.2) is 23.1 Å². The van der Waals surface area contributed by atoms with Crippen molar-refractivity contribution in [1.29, 1.82) is 0 Å². The molecular weight excluding hydrogens is 238 g/mol. The lowest BCUT2D eigenvalue weighted by molar-refractivity contribution is -0.122. The largest absolute Gasteiger partial charge is 0.352 e. The molecule has 0 aliphatic rings. The maximum Gasteiger partial charge on any atom is 0.240 e. The van der Waals surface area contributed by atoms with Gasteiger partial charge in [-0.1, -0.05) is 20.8 Å². The quantitative estimate of drug-likeness (QED) is 0.795. The van der Waals surface area contributed by atoms with Crippen molar-refractivity contribution >= 4 is 5.91 Å². The number of amides is 1. The van der Waals surface area contributed by atoms with Crippen LogP contribution < -0.4 is 10.6 Å². The lowest BCUT2D eigenvalue weighted by Crippen LogP contribution is -2.37. The summed E-state index contributed by atoms with van der Waals surface area (Å²) in [6, 6.07) is 2.60. The molecule has 0 aliphatic heterocycles. The van der Waals surface area contributed by atoms with Crippen LogP contribution in [0.2, 0.25) is 0 Å². The number of rotatable bonds is 7. The van der Waals surface area contributed by atoms with Crippen molar-refractivity contribution in [1.82, 2.24) is 15.2 Å². The first-order valence-electron chi connectivity index (χ1n) is 7.12. The minimum atomic E-state index is 0.0689. The average Bonchev–Trinajstić information content (AvgIpc) is 2.77. The van der Waals surface area contributed by atoms with Gasteiger partial charge >= 0.3 is 0 Å². The van der Waals surface area contributed by atoms with E-state index in [0.717, 1.165) is 6.54 Å². The summed E-state index contributed by atoms with van der Waals surface area (Å²) in [4.78, 5) is 11.9. The zero-order valence-electron chi connectivity index (χ0n) is 12.7. The van der Waals surface area contributed by atoms with Crippen LogP contribution in [0, 0.1) is 5.92 Å². The number of carbonyl (C=O) groups excluding carboxylic acids is 1. The molecule has 1 heterocycles. The number of aromatic nitrogens is 1. The highest BCUT2D eigenvalue weighted by Gasteiger charge is 2.12. The number of nitrogens with one attached hydrogen (secondary N) is 2. The van der Waals surface area contributed by atoms with E-state index in [1.165, 1.54) is 5.56 Å². The summed E-state index contributed by atoms with van der Waals surface area (Å²) in [6.45, 7) is 11.8. The van der Waals surface area contributed by atoms with Gasteiger partial charge in [-0.05, 0) is 37.9 Å². The molecule has 4 nitrogen and oxygen atoms in total. The first-order valence-corrected chi connectivity index (χ1v) is 7.12. The molecule has 2 N–H and O–H groups in total. The molecular formula is C15H27N3O. The third-order valence-electron chi connectivity index (χ3n) is 3.50. The van der Waals surface area contributed by atoms with Gasteiger partial charge in [-0.15, -0.1) is 0 Å². The van der Waals surface area contributed by atoms with Crippen molar-refractivity contribution in [3.05, 3.63) is 24.0 Å². The number of hydrogen-bond donors (Lipinski definition) is 2. The molecule has 2 unspecified atom stereocenters. The van der Waals surface area contributed by atoms with Crippen molar-refractivity contribution in [2.75, 3.05) is 6.54 Å². The van der Waals surface area contributed by atoms with Gasteiger partial charge in [0.2, 0.25) is 5.91 Å². The summed E-state index contributed by atoms with van der Waals surface area (Å²) in [5, 5.41) is 6.38. The van der Waals surface area contributed by atoms with Crippen LogP contribution in [0.5, 0.6) is 0 Å². The van der Waals surface area contributed by atoms with Crippen LogP contribution in [0.3, 0.4) is 0 Å². The SMILES string of the molecule is CCNC(C)c1ccn(CC(=O)NC(C)C(C)C)c1. The molecule has 4 heteroatoms. The van der Waals surface area contributed by atoms with Crippen LogP contribution in [0.1, 0.15) is 46.2 Å². The Hall–Kier alpha value is -1.29. The normalized spacial score (nSPS) is 14.4. The number of nitrogens with zero attached hydrogens (tertiary/aromatic N) is 1. The van der Waals surface area contributed by atoms with Crippen molar-refractivity contribution in [2.45, 2.75) is 53.2 Å². The molecule has 0 aliphatic carbocycles. The third-order valence-corrected chi connectivity index (χ3v) is 3.50. The van der Waals surface area contributed by atoms with Crippen molar-refractivity contribution in [2.24, 2.45) is 5.92 Å². The van der Waals surface area contributed by atoms with Gasteiger partial charge in [0, 0.05) is 24.5 Å². The Morgan fingerprint density at radius 2 is 2.00 bits per heavy atom. The summed E-state index contributed by atoms with van der Waals surface area (Å²) in [7, 11) is 0. The minimum absolute atomic E-state index is 0.0689. The predicted molar refractivity (Wildman–Crippen MR) is 79.0 cm³/mol. The van der Waals surface area contributed by atoms with Gasteiger partial charge in [0.05, 0.1) is 0 Å². The summed E-state index contributed by atoms with van der Waals surface area (Å²) in [5.41, 5.74) is 1.21. The van der Waals surface area contributed by atoms with E-state index in [1.807, 2.05) is 23.9 Å². The molecule has 1 aromatic rings. The van der Waals surface area contributed by atoms with E-state index >= 15 is 0 Å². The Morgan fingerprint density at radius 1 is 1.32 bits per heavy atom. The van der Waals surface area contributed by atoms with Gasteiger partial charge < -0.3 is 15.2 Å². The summed E-state index contributed by atoms with van der Waals surface area (Å²) >= 11 is 0. The number of carbonyl (C=O) groups is 1. The Bertz CT molecular complexity index is 398. The van der Waals surface area contributed by atoms with E-state index in [9.17, 15) is 4.79 Å². The van der Waals surface area contributed by atoms with Crippen LogP contribution in [0.25, 0.3) is 0 Å². The molecule has 1 rings (SSSR count). The molecule has 0 bridgehead atoms. The first kappa shape index (κ1) is 15.8. The summed E-state index contributed by atoms with van der Waals surface area (Å²) < 4.78 is 1.94. The fourth-order valence-electron chi connectivity index (χ4n) is 1.87. The zero-order chi connectivity index (χ0) is 14.4. The summed E-state index contributed by atoms with van der Waals surface area (Å²) in [6.07, 6.45) is 4.00. The van der Waals surface area contributed by atoms with Gasteiger partial charge in [0.15, 0.2) is 0 Å². The van der Waals surface area contributed by atoms with E-state index in [-0.39, 0.29) is 11.9 Å². The topological polar surface area (TPSA) is 46.1 Å². The monoisotopic (exact) mass is 265 g/mol. The highest BCUT2D eigenvalue weighted by atomic mass is 16.2. The van der Waals surface area contributed by atoms with E-state index in [1.54, 1.807) is 0 Å². The van der Waals surface area contributed by atoms with Crippen molar-refractivity contribution in [3.8, 4) is 0 Å². The second kappa shape index (κ2) is 7.34. The van der Waals surface area contributed by atoms with Gasteiger partial charge in [-0.25, -0.2) is 0 Å². The molecule has 108 valence electrons. The van der Waals surface area contributed by atoms with Crippen molar-refractivity contribution < 1.29 is 4.79 Å². The first-order chi connectivity index (χ1) is 8.93. The van der Waals surface area contributed by atoms with Crippen LogP contribution in [-0.2, 0) is 11.3 Å². The standard InChI is InChI=1S/C15H27N3O/c1-6-16-13(5)14-7-8-18(9-14)10-15(19)17-12(4)11(2)3/h7-9,11-13,16H,6,10H2,1-5H3,(H,17,19). The zero-order valence-corrected chi connectivity index (χ0v) is 12.7. The second-order valence-corrected chi connectivity index (χ2v) is 5.50. The molecule has 0 radical (unpaired) electrons. The second-order valence-electron chi connectivity index (χ2n) is 5.50. The molecule has 0 saturated carbocycles. The van der Waals surface area contributed by atoms with Gasteiger partial charge in [-0.2, -0.15) is 0 Å². The molecule has 0 aromatic carbocycles. The maximum atomic E-state index is 11.9. The molecule has 1 amide bonds. The Labute approximate surface area is 116 Å². The number of hydrogen-bond acceptors (Lipinski definition) is 2. The fraction of sp³-hybridized carbons (Fsp3) is 0.667. The van der Waals surface area contributed by atoms with Crippen LogP contribution in [0.4, 0.5) is 0 Å². The molecule has 2 atom stereocenters. The van der Waals surface area contributed by atoms with Crippen LogP contribution >= 0.6 is 0 Å². The minimum Gasteiger partial charge on any atom is -0.352 e.